The minimum Gasteiger partial charge on any atom is -0.206 e. The monoisotopic (exact) mass is 234 g/mol. The van der Waals surface area contributed by atoms with Gasteiger partial charge in [0.05, 0.1) is 5.22 Å². The average Bonchev–Trinajstić information content (AvgIpc) is 2.40. The predicted octanol–water partition coefficient (Wildman–Crippen LogP) is 2.05. The summed E-state index contributed by atoms with van der Waals surface area (Å²) in [6.07, 6.45) is 2.13. The fraction of sp³-hybridized carbons (Fsp3) is 0.200. The van der Waals surface area contributed by atoms with Crippen molar-refractivity contribution in [1.82, 2.24) is 0 Å². The minimum absolute atomic E-state index is 0.0509. The fourth-order valence-corrected chi connectivity index (χ4v) is 2.11. The largest absolute Gasteiger partial charge is 0.318 e. The van der Waals surface area contributed by atoms with Crippen molar-refractivity contribution in [3.63, 3.8) is 0 Å². The summed E-state index contributed by atoms with van der Waals surface area (Å²) < 4.78 is 52.3. The molecule has 0 aromatic heterocycles. The van der Waals surface area contributed by atoms with Crippen LogP contribution in [-0.2, 0) is 0 Å². The molecule has 0 N–H and O–H groups in total. The van der Waals surface area contributed by atoms with Gasteiger partial charge in [-0.05, 0) is 18.4 Å². The number of hydrogen-bond donors (Lipinski definition) is 0. The number of hydrogen-bond acceptors (Lipinski definition) is 1. The number of halogens is 4. The third kappa shape index (κ3) is 1.45. The van der Waals surface area contributed by atoms with Crippen molar-refractivity contribution in [3.05, 3.63) is 28.4 Å². The third-order valence-corrected chi connectivity index (χ3v) is 3.01. The van der Waals surface area contributed by atoms with Crippen molar-refractivity contribution < 1.29 is 17.6 Å². The first-order chi connectivity index (χ1) is 6.97. The van der Waals surface area contributed by atoms with Gasteiger partial charge in [0.1, 0.15) is 5.82 Å². The first-order valence-electron chi connectivity index (χ1n) is 4.11. The highest BCUT2D eigenvalue weighted by atomic mass is 32.2. The van der Waals surface area contributed by atoms with Gasteiger partial charge in [-0.15, -0.1) is 11.8 Å². The molecule has 0 aliphatic heterocycles. The van der Waals surface area contributed by atoms with E-state index in [-0.39, 0.29) is 5.22 Å². The lowest BCUT2D eigenvalue weighted by molar-refractivity contribution is 0.124. The van der Waals surface area contributed by atoms with Crippen LogP contribution >= 0.6 is 11.8 Å². The molecule has 1 aliphatic carbocycles. The van der Waals surface area contributed by atoms with Crippen LogP contribution < -0.4 is 10.4 Å². The topological polar surface area (TPSA) is 0 Å². The summed E-state index contributed by atoms with van der Waals surface area (Å²) in [4.78, 5) is 0.443. The van der Waals surface area contributed by atoms with Crippen LogP contribution in [0, 0.1) is 5.82 Å². The van der Waals surface area contributed by atoms with Crippen LogP contribution in [0.5, 0.6) is 0 Å². The first-order valence-corrected chi connectivity index (χ1v) is 5.33. The number of benzene rings is 1. The summed E-state index contributed by atoms with van der Waals surface area (Å²) in [6.45, 7) is 0. The van der Waals surface area contributed by atoms with Crippen molar-refractivity contribution in [2.45, 2.75) is 10.8 Å². The van der Waals surface area contributed by atoms with Crippen molar-refractivity contribution >= 4 is 23.7 Å². The zero-order valence-corrected chi connectivity index (χ0v) is 8.47. The summed E-state index contributed by atoms with van der Waals surface area (Å²) in [5.41, 5.74) is 0. The van der Waals surface area contributed by atoms with Gasteiger partial charge in [0.2, 0.25) is 0 Å². The van der Waals surface area contributed by atoms with Crippen LogP contribution in [-0.4, -0.2) is 12.2 Å². The lowest BCUT2D eigenvalue weighted by Gasteiger charge is -2.02. The second-order valence-corrected chi connectivity index (χ2v) is 3.97. The molecule has 0 radical (unpaired) electrons. The Morgan fingerprint density at radius 3 is 2.47 bits per heavy atom. The van der Waals surface area contributed by atoms with Crippen LogP contribution in [0.2, 0.25) is 0 Å². The molecule has 0 nitrogen and oxygen atoms in total. The smallest absolute Gasteiger partial charge is 0.206 e. The second kappa shape index (κ2) is 3.27. The van der Waals surface area contributed by atoms with Crippen LogP contribution in [0.15, 0.2) is 17.0 Å². The Morgan fingerprint density at radius 2 is 1.87 bits per heavy atom. The summed E-state index contributed by atoms with van der Waals surface area (Å²) in [5.74, 6) is -6.34. The van der Waals surface area contributed by atoms with Gasteiger partial charge in [-0.2, -0.15) is 8.78 Å². The summed E-state index contributed by atoms with van der Waals surface area (Å²) in [6, 6.07) is 2.36. The quantitative estimate of drug-likeness (QED) is 0.529. The zero-order chi connectivity index (χ0) is 11.2. The third-order valence-electron chi connectivity index (χ3n) is 2.21. The normalized spacial score (nSPS) is 17.5. The minimum atomic E-state index is -3.69. The van der Waals surface area contributed by atoms with E-state index in [1.807, 2.05) is 0 Å². The Hall–Kier alpha value is -0.970. The van der Waals surface area contributed by atoms with Gasteiger partial charge in [-0.3, -0.25) is 0 Å². The standard InChI is InChI=1S/C10H6F4S/c1-15-7-3-2-6(11)8-5(7)4-10(13,14)9(8)12/h2-4H,1H3. The van der Waals surface area contributed by atoms with Gasteiger partial charge in [0, 0.05) is 16.2 Å². The maximum absolute atomic E-state index is 13.2. The Morgan fingerprint density at radius 1 is 1.20 bits per heavy atom. The number of rotatable bonds is 1. The van der Waals surface area contributed by atoms with Crippen molar-refractivity contribution in [1.29, 1.82) is 0 Å². The molecular formula is C10H6F4S. The zero-order valence-electron chi connectivity index (χ0n) is 7.65. The molecule has 80 valence electrons. The molecular weight excluding hydrogens is 228 g/mol. The molecule has 0 fully saturated rings. The molecule has 0 spiro atoms. The van der Waals surface area contributed by atoms with E-state index < -0.39 is 22.8 Å². The molecule has 1 aromatic rings. The van der Waals surface area contributed by atoms with Crippen LogP contribution in [0.1, 0.15) is 0 Å². The van der Waals surface area contributed by atoms with E-state index in [4.69, 9.17) is 0 Å². The molecule has 0 amide bonds. The van der Waals surface area contributed by atoms with E-state index >= 15 is 0 Å². The van der Waals surface area contributed by atoms with Gasteiger partial charge in [0.25, 0.3) is 0 Å². The van der Waals surface area contributed by atoms with Gasteiger partial charge in [-0.25, -0.2) is 8.78 Å². The van der Waals surface area contributed by atoms with E-state index in [2.05, 4.69) is 0 Å². The molecule has 0 bridgehead atoms. The highest BCUT2D eigenvalue weighted by Gasteiger charge is 2.38. The van der Waals surface area contributed by atoms with Gasteiger partial charge >= 0.3 is 5.92 Å². The van der Waals surface area contributed by atoms with Crippen molar-refractivity contribution in [3.8, 4) is 0 Å². The van der Waals surface area contributed by atoms with Gasteiger partial charge in [0.15, 0.2) is 5.83 Å². The Kier molecular flexibility index (Phi) is 2.30. The summed E-state index contributed by atoms with van der Waals surface area (Å²) in [7, 11) is 0. The fourth-order valence-electron chi connectivity index (χ4n) is 1.53. The van der Waals surface area contributed by atoms with E-state index in [0.717, 1.165) is 6.07 Å². The van der Waals surface area contributed by atoms with Gasteiger partial charge in [-0.1, -0.05) is 0 Å². The van der Waals surface area contributed by atoms with E-state index in [9.17, 15) is 17.6 Å². The van der Waals surface area contributed by atoms with Crippen LogP contribution in [0.25, 0.3) is 11.9 Å². The lowest BCUT2D eigenvalue weighted by atomic mass is 10.2. The molecule has 0 heterocycles. The Bertz CT molecular complexity index is 533. The molecule has 0 saturated carbocycles. The molecule has 1 aromatic carbocycles. The molecule has 2 rings (SSSR count). The maximum Gasteiger partial charge on any atom is 0.318 e. The second-order valence-electron chi connectivity index (χ2n) is 3.12. The van der Waals surface area contributed by atoms with Crippen LogP contribution in [0.3, 0.4) is 0 Å². The molecule has 0 saturated heterocycles. The van der Waals surface area contributed by atoms with Crippen molar-refractivity contribution in [2.75, 3.05) is 6.26 Å². The molecule has 15 heavy (non-hydrogen) atoms. The SMILES string of the molecule is CSc1ccc(F)c2c1=CC(F)(F)C=2F. The van der Waals surface area contributed by atoms with Crippen molar-refractivity contribution in [2.24, 2.45) is 0 Å². The maximum atomic E-state index is 13.2. The Labute approximate surface area is 87.3 Å². The van der Waals surface area contributed by atoms with Gasteiger partial charge < -0.3 is 0 Å². The number of thioether (sulfide) groups is 1. The summed E-state index contributed by atoms with van der Waals surface area (Å²) in [5, 5.41) is -0.656. The Balaban J connectivity index is 2.95. The number of fused-ring (bicyclic) bond motifs is 1. The predicted molar refractivity (Wildman–Crippen MR) is 51.4 cm³/mol. The highest BCUT2D eigenvalue weighted by molar-refractivity contribution is 7.98. The first kappa shape index (κ1) is 10.5. The highest BCUT2D eigenvalue weighted by Crippen LogP contribution is 2.30. The molecule has 5 heteroatoms. The van der Waals surface area contributed by atoms with E-state index in [1.165, 1.54) is 17.8 Å². The number of alkyl halides is 2. The molecule has 0 atom stereocenters. The lowest BCUT2D eigenvalue weighted by Crippen LogP contribution is -2.28. The molecule has 1 aliphatic rings. The average molecular weight is 234 g/mol. The summed E-state index contributed by atoms with van der Waals surface area (Å²) >= 11 is 1.17. The van der Waals surface area contributed by atoms with E-state index in [0.29, 0.717) is 11.0 Å². The molecule has 0 unspecified atom stereocenters. The van der Waals surface area contributed by atoms with E-state index in [1.54, 1.807) is 6.26 Å². The van der Waals surface area contributed by atoms with Crippen LogP contribution in [0.4, 0.5) is 17.6 Å².